The van der Waals surface area contributed by atoms with Gasteiger partial charge in [0.25, 0.3) is 0 Å². The van der Waals surface area contributed by atoms with E-state index in [9.17, 15) is 9.46 Å². The molecule has 0 heterocycles. The molecule has 20 heavy (non-hydrogen) atoms. The smallest absolute Gasteiger partial charge is 0.335 e. The van der Waals surface area contributed by atoms with Gasteiger partial charge < -0.3 is 14.6 Å². The summed E-state index contributed by atoms with van der Waals surface area (Å²) in [6, 6.07) is 9.01. The largest absolute Gasteiger partial charge is 0.411 e. The highest BCUT2D eigenvalue weighted by molar-refractivity contribution is 7.53. The fourth-order valence-electron chi connectivity index (χ4n) is 1.85. The van der Waals surface area contributed by atoms with Gasteiger partial charge in [-0.15, -0.1) is 0 Å². The van der Waals surface area contributed by atoms with Crippen molar-refractivity contribution in [2.75, 3.05) is 6.61 Å². The number of oxime groups is 1. The molecule has 0 aliphatic rings. The average Bonchev–Trinajstić information content (AvgIpc) is 2.45. The molecule has 112 valence electrons. The molecule has 0 amide bonds. The number of rotatable bonds is 8. The lowest BCUT2D eigenvalue weighted by molar-refractivity contribution is 0.247. The molecule has 0 saturated carbocycles. The summed E-state index contributed by atoms with van der Waals surface area (Å²) in [7, 11) is -3.81. The SMILES string of the molecule is CCCCOP(=O)(O)C(CC(C)=NO)c1ccccc1. The third-order valence-corrected chi connectivity index (χ3v) is 4.83. The highest BCUT2D eigenvalue weighted by Crippen LogP contribution is 2.58. The van der Waals surface area contributed by atoms with Crippen molar-refractivity contribution in [2.45, 2.75) is 38.8 Å². The molecule has 1 aromatic carbocycles. The van der Waals surface area contributed by atoms with E-state index in [0.717, 1.165) is 12.8 Å². The maximum Gasteiger partial charge on any atom is 0.335 e. The summed E-state index contributed by atoms with van der Waals surface area (Å²) in [4.78, 5) is 10.2. The summed E-state index contributed by atoms with van der Waals surface area (Å²) >= 11 is 0. The lowest BCUT2D eigenvalue weighted by atomic mass is 10.1. The van der Waals surface area contributed by atoms with Crippen LogP contribution in [-0.4, -0.2) is 22.4 Å². The van der Waals surface area contributed by atoms with Gasteiger partial charge in [0.15, 0.2) is 0 Å². The number of unbranched alkanes of at least 4 members (excludes halogenated alkanes) is 1. The van der Waals surface area contributed by atoms with E-state index < -0.39 is 13.3 Å². The maximum atomic E-state index is 12.4. The van der Waals surface area contributed by atoms with Gasteiger partial charge in [-0.25, -0.2) is 0 Å². The van der Waals surface area contributed by atoms with Gasteiger partial charge >= 0.3 is 7.60 Å². The van der Waals surface area contributed by atoms with Crippen LogP contribution in [0, 0.1) is 0 Å². The molecule has 2 N–H and O–H groups in total. The van der Waals surface area contributed by atoms with Gasteiger partial charge in [0, 0.05) is 6.42 Å². The molecular formula is C14H22NO4P. The Balaban J connectivity index is 2.95. The highest BCUT2D eigenvalue weighted by Gasteiger charge is 2.34. The molecule has 2 atom stereocenters. The van der Waals surface area contributed by atoms with Crippen molar-refractivity contribution in [1.29, 1.82) is 0 Å². The second-order valence-corrected chi connectivity index (χ2v) is 6.73. The van der Waals surface area contributed by atoms with Crippen LogP contribution in [0.25, 0.3) is 0 Å². The highest BCUT2D eigenvalue weighted by atomic mass is 31.2. The number of benzene rings is 1. The van der Waals surface area contributed by atoms with Crippen LogP contribution in [0.3, 0.4) is 0 Å². The van der Waals surface area contributed by atoms with Crippen molar-refractivity contribution in [3.05, 3.63) is 35.9 Å². The molecule has 5 nitrogen and oxygen atoms in total. The van der Waals surface area contributed by atoms with Gasteiger partial charge in [0.05, 0.1) is 18.0 Å². The standard InChI is InChI=1S/C14H22NO4P/c1-3-4-10-19-20(17,18)14(11-12(2)15-16)13-8-6-5-7-9-13/h5-9,14,16H,3-4,10-11H2,1-2H3,(H,17,18). The predicted octanol–water partition coefficient (Wildman–Crippen LogP) is 3.97. The van der Waals surface area contributed by atoms with Gasteiger partial charge in [-0.3, -0.25) is 4.57 Å². The first kappa shape index (κ1) is 16.9. The van der Waals surface area contributed by atoms with Gasteiger partial charge in [-0.05, 0) is 18.9 Å². The van der Waals surface area contributed by atoms with E-state index in [2.05, 4.69) is 5.16 Å². The lowest BCUT2D eigenvalue weighted by Crippen LogP contribution is -2.08. The van der Waals surface area contributed by atoms with E-state index in [-0.39, 0.29) is 13.0 Å². The summed E-state index contributed by atoms with van der Waals surface area (Å²) in [6.45, 7) is 3.85. The van der Waals surface area contributed by atoms with Crippen molar-refractivity contribution in [3.63, 3.8) is 0 Å². The van der Waals surface area contributed by atoms with Crippen LogP contribution in [-0.2, 0) is 9.09 Å². The second kappa shape index (κ2) is 8.20. The molecule has 0 bridgehead atoms. The molecule has 0 fully saturated rings. The Hall–Kier alpha value is -1.16. The van der Waals surface area contributed by atoms with Gasteiger partial charge in [-0.1, -0.05) is 48.8 Å². The van der Waals surface area contributed by atoms with Crippen molar-refractivity contribution in [3.8, 4) is 0 Å². The summed E-state index contributed by atoms with van der Waals surface area (Å²) < 4.78 is 17.6. The minimum Gasteiger partial charge on any atom is -0.411 e. The third-order valence-electron chi connectivity index (χ3n) is 3.01. The topological polar surface area (TPSA) is 79.1 Å². The van der Waals surface area contributed by atoms with Gasteiger partial charge in [-0.2, -0.15) is 0 Å². The molecule has 6 heteroatoms. The Morgan fingerprint density at radius 1 is 1.40 bits per heavy atom. The zero-order chi connectivity index (χ0) is 15.0. The summed E-state index contributed by atoms with van der Waals surface area (Å²) in [5.41, 5.74) is 0.390. The number of hydrogen-bond acceptors (Lipinski definition) is 4. The molecule has 0 radical (unpaired) electrons. The first-order chi connectivity index (χ1) is 9.51. The zero-order valence-electron chi connectivity index (χ0n) is 11.9. The summed E-state index contributed by atoms with van der Waals surface area (Å²) in [5.74, 6) is 0. The molecular weight excluding hydrogens is 277 g/mol. The molecule has 0 aliphatic carbocycles. The van der Waals surface area contributed by atoms with Gasteiger partial charge in [0.1, 0.15) is 0 Å². The molecule has 0 aromatic heterocycles. The molecule has 1 rings (SSSR count). The van der Waals surface area contributed by atoms with Crippen molar-refractivity contribution >= 4 is 13.3 Å². The maximum absolute atomic E-state index is 12.4. The van der Waals surface area contributed by atoms with E-state index in [1.165, 1.54) is 0 Å². The van der Waals surface area contributed by atoms with Crippen LogP contribution >= 0.6 is 7.60 Å². The van der Waals surface area contributed by atoms with Crippen LogP contribution < -0.4 is 0 Å². The monoisotopic (exact) mass is 299 g/mol. The molecule has 2 unspecified atom stereocenters. The van der Waals surface area contributed by atoms with E-state index >= 15 is 0 Å². The van der Waals surface area contributed by atoms with Crippen LogP contribution in [0.1, 0.15) is 44.3 Å². The fourth-order valence-corrected chi connectivity index (χ4v) is 3.46. The Bertz CT molecular complexity index is 475. The van der Waals surface area contributed by atoms with Crippen molar-refractivity contribution in [1.82, 2.24) is 0 Å². The minimum atomic E-state index is -3.81. The number of nitrogens with zero attached hydrogens (tertiary/aromatic N) is 1. The van der Waals surface area contributed by atoms with E-state index in [1.807, 2.05) is 13.0 Å². The van der Waals surface area contributed by atoms with Crippen LogP contribution in [0.2, 0.25) is 0 Å². The quantitative estimate of drug-likeness (QED) is 0.250. The van der Waals surface area contributed by atoms with Crippen LogP contribution in [0.15, 0.2) is 35.5 Å². The Morgan fingerprint density at radius 2 is 2.05 bits per heavy atom. The second-order valence-electron chi connectivity index (χ2n) is 4.72. The first-order valence-corrected chi connectivity index (χ1v) is 8.35. The average molecular weight is 299 g/mol. The van der Waals surface area contributed by atoms with Crippen molar-refractivity contribution in [2.24, 2.45) is 5.16 Å². The number of hydrogen-bond donors (Lipinski definition) is 2. The summed E-state index contributed by atoms with van der Waals surface area (Å²) in [6.07, 6.45) is 1.81. The molecule has 0 saturated heterocycles. The normalized spacial score (nSPS) is 16.6. The molecule has 1 aromatic rings. The molecule has 0 aliphatic heterocycles. The third kappa shape index (κ3) is 5.08. The Kier molecular flexibility index (Phi) is 6.93. The molecule has 0 spiro atoms. The minimum absolute atomic E-state index is 0.181. The zero-order valence-corrected chi connectivity index (χ0v) is 12.8. The first-order valence-electron chi connectivity index (χ1n) is 6.70. The van der Waals surface area contributed by atoms with Crippen molar-refractivity contribution < 1.29 is 19.2 Å². The van der Waals surface area contributed by atoms with Crippen LogP contribution in [0.5, 0.6) is 0 Å². The Morgan fingerprint density at radius 3 is 2.60 bits per heavy atom. The predicted molar refractivity (Wildman–Crippen MR) is 79.4 cm³/mol. The Labute approximate surface area is 119 Å². The van der Waals surface area contributed by atoms with E-state index in [4.69, 9.17) is 9.73 Å². The van der Waals surface area contributed by atoms with Gasteiger partial charge in [0.2, 0.25) is 0 Å². The van der Waals surface area contributed by atoms with E-state index in [0.29, 0.717) is 11.3 Å². The van der Waals surface area contributed by atoms with Crippen LogP contribution in [0.4, 0.5) is 0 Å². The lowest BCUT2D eigenvalue weighted by Gasteiger charge is -2.22. The fraction of sp³-hybridized carbons (Fsp3) is 0.500. The summed E-state index contributed by atoms with van der Waals surface area (Å²) in [5, 5.41) is 11.9. The van der Waals surface area contributed by atoms with E-state index in [1.54, 1.807) is 31.2 Å².